The average molecular weight is 199 g/mol. The number of aliphatic carboxylic acids is 1. The molecule has 78 valence electrons. The second kappa shape index (κ2) is 5.41. The zero-order valence-electron chi connectivity index (χ0n) is 7.68. The summed E-state index contributed by atoms with van der Waals surface area (Å²) in [5, 5.41) is 8.47. The lowest BCUT2D eigenvalue weighted by molar-refractivity contribution is -0.139. The quantitative estimate of drug-likeness (QED) is 0.655. The Labute approximate surface area is 81.5 Å². The third-order valence-corrected chi connectivity index (χ3v) is 1.71. The summed E-state index contributed by atoms with van der Waals surface area (Å²) >= 11 is 0. The van der Waals surface area contributed by atoms with Crippen LogP contribution >= 0.6 is 0 Å². The van der Waals surface area contributed by atoms with E-state index in [9.17, 15) is 4.79 Å². The maximum Gasteiger partial charge on any atom is 0.320 e. The first-order valence-corrected chi connectivity index (χ1v) is 4.28. The molecule has 0 spiro atoms. The molecular formula is C9H13NO4. The van der Waals surface area contributed by atoms with Crippen molar-refractivity contribution in [2.45, 2.75) is 19.1 Å². The summed E-state index contributed by atoms with van der Waals surface area (Å²) in [4.78, 5) is 10.3. The predicted octanol–water partition coefficient (Wildman–Crippen LogP) is 0.598. The molecule has 14 heavy (non-hydrogen) atoms. The van der Waals surface area contributed by atoms with Gasteiger partial charge in [0.1, 0.15) is 18.4 Å². The highest BCUT2D eigenvalue weighted by Gasteiger charge is 2.10. The van der Waals surface area contributed by atoms with Gasteiger partial charge in [-0.3, -0.25) is 4.79 Å². The Morgan fingerprint density at radius 3 is 3.07 bits per heavy atom. The number of rotatable bonds is 6. The number of carboxylic acids is 1. The Kier molecular flexibility index (Phi) is 4.15. The SMILES string of the molecule is N[C@@H](CCOCc1ccco1)C(=O)O. The van der Waals surface area contributed by atoms with Gasteiger partial charge in [-0.25, -0.2) is 0 Å². The van der Waals surface area contributed by atoms with Gasteiger partial charge >= 0.3 is 5.97 Å². The second-order valence-electron chi connectivity index (χ2n) is 2.87. The summed E-state index contributed by atoms with van der Waals surface area (Å²) in [7, 11) is 0. The summed E-state index contributed by atoms with van der Waals surface area (Å²) in [6, 6.07) is 2.70. The molecule has 0 aromatic carbocycles. The summed E-state index contributed by atoms with van der Waals surface area (Å²) in [5.41, 5.74) is 5.27. The van der Waals surface area contributed by atoms with Gasteiger partial charge in [0.15, 0.2) is 0 Å². The highest BCUT2D eigenvalue weighted by atomic mass is 16.5. The number of hydrogen-bond acceptors (Lipinski definition) is 4. The fraction of sp³-hybridized carbons (Fsp3) is 0.444. The molecule has 0 aliphatic carbocycles. The maximum atomic E-state index is 10.3. The fourth-order valence-electron chi connectivity index (χ4n) is 0.901. The molecule has 0 amide bonds. The van der Waals surface area contributed by atoms with Gasteiger partial charge in [-0.15, -0.1) is 0 Å². The van der Waals surface area contributed by atoms with Crippen molar-refractivity contribution >= 4 is 5.97 Å². The monoisotopic (exact) mass is 199 g/mol. The lowest BCUT2D eigenvalue weighted by atomic mass is 10.2. The smallest absolute Gasteiger partial charge is 0.320 e. The van der Waals surface area contributed by atoms with Gasteiger partial charge < -0.3 is 20.0 Å². The Hall–Kier alpha value is -1.33. The molecule has 0 saturated carbocycles. The minimum absolute atomic E-state index is 0.302. The standard InChI is InChI=1S/C9H13NO4/c10-8(9(11)12)3-5-13-6-7-2-1-4-14-7/h1-2,4,8H,3,5-6,10H2,(H,11,12)/t8-/m0/s1. The van der Waals surface area contributed by atoms with Gasteiger partial charge in [-0.2, -0.15) is 0 Å². The summed E-state index contributed by atoms with van der Waals surface area (Å²) in [5.74, 6) is -0.291. The lowest BCUT2D eigenvalue weighted by Crippen LogP contribution is -2.31. The van der Waals surface area contributed by atoms with Crippen molar-refractivity contribution in [3.05, 3.63) is 24.2 Å². The molecule has 0 saturated heterocycles. The third-order valence-electron chi connectivity index (χ3n) is 1.71. The van der Waals surface area contributed by atoms with Crippen LogP contribution in [-0.2, 0) is 16.1 Å². The average Bonchev–Trinajstić information content (AvgIpc) is 2.64. The number of ether oxygens (including phenoxy) is 1. The third kappa shape index (κ3) is 3.59. The van der Waals surface area contributed by atoms with E-state index in [0.29, 0.717) is 25.4 Å². The minimum Gasteiger partial charge on any atom is -0.480 e. The van der Waals surface area contributed by atoms with Crippen LogP contribution in [0.5, 0.6) is 0 Å². The first-order valence-electron chi connectivity index (χ1n) is 4.28. The summed E-state index contributed by atoms with van der Waals surface area (Å²) in [6.07, 6.45) is 1.86. The molecule has 1 heterocycles. The van der Waals surface area contributed by atoms with E-state index in [2.05, 4.69) is 0 Å². The van der Waals surface area contributed by atoms with Crippen LogP contribution in [-0.4, -0.2) is 23.7 Å². The van der Waals surface area contributed by atoms with Crippen LogP contribution in [0.3, 0.4) is 0 Å². The van der Waals surface area contributed by atoms with Crippen molar-refractivity contribution in [2.24, 2.45) is 5.73 Å². The molecule has 1 atom stereocenters. The maximum absolute atomic E-state index is 10.3. The zero-order valence-corrected chi connectivity index (χ0v) is 7.68. The van der Waals surface area contributed by atoms with Crippen LogP contribution in [0.2, 0.25) is 0 Å². The van der Waals surface area contributed by atoms with Gasteiger partial charge in [0.25, 0.3) is 0 Å². The normalized spacial score (nSPS) is 12.6. The number of carbonyl (C=O) groups is 1. The Morgan fingerprint density at radius 1 is 1.71 bits per heavy atom. The van der Waals surface area contributed by atoms with Gasteiger partial charge in [0, 0.05) is 6.61 Å². The van der Waals surface area contributed by atoms with Gasteiger partial charge in [0.05, 0.1) is 6.26 Å². The molecule has 5 heteroatoms. The molecule has 1 aromatic heterocycles. The molecule has 1 aromatic rings. The van der Waals surface area contributed by atoms with E-state index in [1.165, 1.54) is 0 Å². The number of nitrogens with two attached hydrogens (primary N) is 1. The van der Waals surface area contributed by atoms with Gasteiger partial charge in [-0.05, 0) is 18.6 Å². The first-order chi connectivity index (χ1) is 6.70. The van der Waals surface area contributed by atoms with Crippen molar-refractivity contribution in [3.8, 4) is 0 Å². The zero-order chi connectivity index (χ0) is 10.4. The molecule has 1 rings (SSSR count). The molecule has 0 radical (unpaired) electrons. The van der Waals surface area contributed by atoms with Crippen molar-refractivity contribution < 1.29 is 19.1 Å². The number of furan rings is 1. The summed E-state index contributed by atoms with van der Waals surface area (Å²) in [6.45, 7) is 0.660. The highest BCUT2D eigenvalue weighted by Crippen LogP contribution is 2.02. The number of hydrogen-bond donors (Lipinski definition) is 2. The molecule has 0 fully saturated rings. The van der Waals surface area contributed by atoms with E-state index in [0.717, 1.165) is 0 Å². The molecule has 5 nitrogen and oxygen atoms in total. The predicted molar refractivity (Wildman–Crippen MR) is 48.6 cm³/mol. The highest BCUT2D eigenvalue weighted by molar-refractivity contribution is 5.72. The Bertz CT molecular complexity index is 270. The van der Waals surface area contributed by atoms with Crippen LogP contribution in [0, 0.1) is 0 Å². The number of carboxylic acid groups (broad SMARTS) is 1. The molecule has 0 aliphatic rings. The molecule has 0 unspecified atom stereocenters. The molecule has 0 aliphatic heterocycles. The first kappa shape index (κ1) is 10.7. The second-order valence-corrected chi connectivity index (χ2v) is 2.87. The van der Waals surface area contributed by atoms with E-state index in [1.54, 1.807) is 18.4 Å². The molecule has 0 bridgehead atoms. The lowest BCUT2D eigenvalue weighted by Gasteiger charge is -2.05. The van der Waals surface area contributed by atoms with Gasteiger partial charge in [-0.1, -0.05) is 0 Å². The molecular weight excluding hydrogens is 186 g/mol. The van der Waals surface area contributed by atoms with E-state index in [4.69, 9.17) is 20.0 Å². The van der Waals surface area contributed by atoms with Gasteiger partial charge in [0.2, 0.25) is 0 Å². The van der Waals surface area contributed by atoms with Crippen LogP contribution in [0.1, 0.15) is 12.2 Å². The van der Waals surface area contributed by atoms with E-state index >= 15 is 0 Å². The minimum atomic E-state index is -1.01. The van der Waals surface area contributed by atoms with E-state index in [1.807, 2.05) is 0 Å². The van der Waals surface area contributed by atoms with Crippen LogP contribution in [0.4, 0.5) is 0 Å². The topological polar surface area (TPSA) is 85.7 Å². The summed E-state index contributed by atoms with van der Waals surface area (Å²) < 4.78 is 10.2. The van der Waals surface area contributed by atoms with E-state index in [-0.39, 0.29) is 0 Å². The van der Waals surface area contributed by atoms with Crippen molar-refractivity contribution in [1.82, 2.24) is 0 Å². The van der Waals surface area contributed by atoms with Crippen molar-refractivity contribution in [1.29, 1.82) is 0 Å². The van der Waals surface area contributed by atoms with Crippen molar-refractivity contribution in [3.63, 3.8) is 0 Å². The van der Waals surface area contributed by atoms with Crippen LogP contribution in [0.25, 0.3) is 0 Å². The van der Waals surface area contributed by atoms with E-state index < -0.39 is 12.0 Å². The Morgan fingerprint density at radius 2 is 2.50 bits per heavy atom. The molecule has 3 N–H and O–H groups in total. The fourth-order valence-corrected chi connectivity index (χ4v) is 0.901. The van der Waals surface area contributed by atoms with Crippen molar-refractivity contribution in [2.75, 3.05) is 6.61 Å². The van der Waals surface area contributed by atoms with Crippen LogP contribution < -0.4 is 5.73 Å². The Balaban J connectivity index is 2.08. The largest absolute Gasteiger partial charge is 0.480 e. The van der Waals surface area contributed by atoms with Crippen LogP contribution in [0.15, 0.2) is 22.8 Å².